The molecule has 4 aromatic carbocycles. The fourth-order valence-electron chi connectivity index (χ4n) is 5.84. The van der Waals surface area contributed by atoms with Crippen LogP contribution in [0.4, 0.5) is 5.69 Å². The topological polar surface area (TPSA) is 140 Å². The first-order valence-electron chi connectivity index (χ1n) is 15.2. The normalized spacial score (nSPS) is 19.0. The molecule has 0 radical (unpaired) electrons. The van der Waals surface area contributed by atoms with Gasteiger partial charge in [-0.1, -0.05) is 54.6 Å². The molecule has 4 aromatic rings. The molecule has 0 bridgehead atoms. The largest absolute Gasteiger partial charge is 0.494 e. The summed E-state index contributed by atoms with van der Waals surface area (Å²) >= 11 is 0. The van der Waals surface area contributed by atoms with Gasteiger partial charge in [0.25, 0.3) is 5.91 Å². The van der Waals surface area contributed by atoms with Gasteiger partial charge < -0.3 is 19.5 Å². The van der Waals surface area contributed by atoms with E-state index in [9.17, 15) is 21.6 Å². The van der Waals surface area contributed by atoms with E-state index < -0.39 is 43.0 Å². The Morgan fingerprint density at radius 3 is 2.02 bits per heavy atom. The van der Waals surface area contributed by atoms with Crippen LogP contribution in [0.1, 0.15) is 30.1 Å². The van der Waals surface area contributed by atoms with E-state index in [0.29, 0.717) is 35.6 Å². The van der Waals surface area contributed by atoms with E-state index in [4.69, 9.17) is 19.6 Å². The summed E-state index contributed by atoms with van der Waals surface area (Å²) in [6.45, 7) is 0.185. The fraction of sp³-hybridized carbons (Fsp3) is 0.257. The highest BCUT2D eigenvalue weighted by atomic mass is 32.2. The van der Waals surface area contributed by atoms with E-state index in [1.54, 1.807) is 84.9 Å². The standard InChI is InChI=1S/C35H34N2O8S2/c38-22-9-23-44-27-18-16-26(17-19-27)33-36-35(20-24-46(40,41)28-10-3-1-4-11-28)32(45-33)30-14-7-8-15-31(30)37(34(35)39)21-25-47(42,43)29-12-5-2-6-13-29/h1-8,10-19,32,38H,9,20-25H2/t32-,35-/m0/s1. The molecule has 1 amide bonds. The van der Waals surface area contributed by atoms with E-state index >= 15 is 0 Å². The van der Waals surface area contributed by atoms with Crippen LogP contribution >= 0.6 is 0 Å². The fourth-order valence-corrected chi connectivity index (χ4v) is 8.46. The van der Waals surface area contributed by atoms with Gasteiger partial charge >= 0.3 is 0 Å². The van der Waals surface area contributed by atoms with Crippen molar-refractivity contribution in [2.45, 2.75) is 34.3 Å². The van der Waals surface area contributed by atoms with Crippen LogP contribution in [-0.4, -0.2) is 70.6 Å². The van der Waals surface area contributed by atoms with Crippen LogP contribution in [0.15, 0.2) is 124 Å². The van der Waals surface area contributed by atoms with Crippen LogP contribution in [-0.2, 0) is 29.2 Å². The number of benzene rings is 4. The molecule has 6 rings (SSSR count). The first kappa shape index (κ1) is 32.4. The molecular weight excluding hydrogens is 641 g/mol. The molecule has 0 saturated carbocycles. The maximum absolute atomic E-state index is 14.7. The number of fused-ring (bicyclic) bond motifs is 3. The number of rotatable bonds is 13. The number of anilines is 1. The van der Waals surface area contributed by atoms with Gasteiger partial charge in [0, 0.05) is 37.1 Å². The number of hydrogen-bond acceptors (Lipinski definition) is 9. The van der Waals surface area contributed by atoms with E-state index in [1.807, 2.05) is 0 Å². The van der Waals surface area contributed by atoms with Crippen molar-refractivity contribution in [1.82, 2.24) is 0 Å². The van der Waals surface area contributed by atoms with Crippen LogP contribution < -0.4 is 9.64 Å². The van der Waals surface area contributed by atoms with Gasteiger partial charge in [0.15, 0.2) is 31.3 Å². The molecular formula is C35H34N2O8S2. The van der Waals surface area contributed by atoms with Crippen molar-refractivity contribution >= 4 is 37.2 Å². The zero-order valence-electron chi connectivity index (χ0n) is 25.4. The Hall–Kier alpha value is -4.52. The molecule has 2 aliphatic rings. The minimum absolute atomic E-state index is 0.0108. The van der Waals surface area contributed by atoms with Gasteiger partial charge in [-0.05, 0) is 54.6 Å². The lowest BCUT2D eigenvalue weighted by molar-refractivity contribution is -0.127. The summed E-state index contributed by atoms with van der Waals surface area (Å²) in [4.78, 5) is 21.2. The molecule has 0 spiro atoms. The molecule has 2 aliphatic heterocycles. The van der Waals surface area contributed by atoms with Gasteiger partial charge in [-0.15, -0.1) is 0 Å². The molecule has 0 fully saturated rings. The second kappa shape index (κ2) is 13.3. The second-order valence-corrected chi connectivity index (χ2v) is 15.5. The second-order valence-electron chi connectivity index (χ2n) is 11.3. The van der Waals surface area contributed by atoms with Crippen LogP contribution in [0.3, 0.4) is 0 Å². The zero-order chi connectivity index (χ0) is 33.1. The minimum atomic E-state index is -3.82. The van der Waals surface area contributed by atoms with Crippen molar-refractivity contribution < 1.29 is 36.2 Å². The number of aliphatic imine (C=N–C) groups is 1. The zero-order valence-corrected chi connectivity index (χ0v) is 27.1. The molecule has 0 unspecified atom stereocenters. The summed E-state index contributed by atoms with van der Waals surface area (Å²) in [6, 6.07) is 30.0. The molecule has 2 heterocycles. The average molecular weight is 675 g/mol. The van der Waals surface area contributed by atoms with Gasteiger partial charge in [-0.3, -0.25) is 4.79 Å². The number of aliphatic hydroxyl groups excluding tert-OH is 1. The lowest BCUT2D eigenvalue weighted by Crippen LogP contribution is -2.56. The first-order valence-corrected chi connectivity index (χ1v) is 18.5. The Balaban J connectivity index is 1.39. The number of amides is 1. The van der Waals surface area contributed by atoms with Crippen molar-refractivity contribution in [1.29, 1.82) is 0 Å². The monoisotopic (exact) mass is 674 g/mol. The van der Waals surface area contributed by atoms with Crippen LogP contribution in [0, 0.1) is 0 Å². The summed E-state index contributed by atoms with van der Waals surface area (Å²) in [7, 11) is -7.57. The average Bonchev–Trinajstić information content (AvgIpc) is 3.50. The number of carbonyl (C=O) groups excluding carboxylic acids is 1. The summed E-state index contributed by atoms with van der Waals surface area (Å²) in [6.07, 6.45) is -0.664. The van der Waals surface area contributed by atoms with E-state index in [2.05, 4.69) is 0 Å². The van der Waals surface area contributed by atoms with E-state index in [-0.39, 0.29) is 41.0 Å². The number of nitrogens with zero attached hydrogens (tertiary/aromatic N) is 2. The highest BCUT2D eigenvalue weighted by Gasteiger charge is 2.59. The predicted molar refractivity (Wildman–Crippen MR) is 177 cm³/mol. The number of aliphatic hydroxyl groups is 1. The van der Waals surface area contributed by atoms with Gasteiger partial charge in [-0.2, -0.15) is 0 Å². The number of ether oxygens (including phenoxy) is 2. The van der Waals surface area contributed by atoms with Crippen molar-refractivity contribution in [3.05, 3.63) is 120 Å². The van der Waals surface area contributed by atoms with E-state index in [1.165, 1.54) is 29.2 Å². The van der Waals surface area contributed by atoms with Gasteiger partial charge in [-0.25, -0.2) is 21.8 Å². The number of hydrogen-bond donors (Lipinski definition) is 1. The Morgan fingerprint density at radius 2 is 1.38 bits per heavy atom. The molecule has 12 heteroatoms. The lowest BCUT2D eigenvalue weighted by atomic mass is 9.80. The van der Waals surface area contributed by atoms with Crippen molar-refractivity contribution in [3.8, 4) is 5.75 Å². The molecule has 0 aromatic heterocycles. The third kappa shape index (κ3) is 6.53. The van der Waals surface area contributed by atoms with Crippen molar-refractivity contribution in [2.75, 3.05) is 36.2 Å². The molecule has 0 saturated heterocycles. The van der Waals surface area contributed by atoms with Gasteiger partial charge in [0.05, 0.1) is 33.6 Å². The van der Waals surface area contributed by atoms with Gasteiger partial charge in [0.2, 0.25) is 5.90 Å². The van der Waals surface area contributed by atoms with Crippen LogP contribution in [0.2, 0.25) is 0 Å². The summed E-state index contributed by atoms with van der Waals surface area (Å²) in [5, 5.41) is 9.04. The van der Waals surface area contributed by atoms with Crippen molar-refractivity contribution in [3.63, 3.8) is 0 Å². The van der Waals surface area contributed by atoms with Crippen LogP contribution in [0.5, 0.6) is 5.75 Å². The van der Waals surface area contributed by atoms with Gasteiger partial charge in [0.1, 0.15) is 5.75 Å². The summed E-state index contributed by atoms with van der Waals surface area (Å²) < 4.78 is 65.6. The number of sulfone groups is 2. The molecule has 1 N–H and O–H groups in total. The Bertz CT molecular complexity index is 1980. The molecule has 0 aliphatic carbocycles. The number of para-hydroxylation sites is 1. The lowest BCUT2D eigenvalue weighted by Gasteiger charge is -2.41. The Labute approximate surface area is 274 Å². The Morgan fingerprint density at radius 1 is 0.787 bits per heavy atom. The number of carbonyl (C=O) groups is 1. The molecule has 2 atom stereocenters. The quantitative estimate of drug-likeness (QED) is 0.206. The van der Waals surface area contributed by atoms with E-state index in [0.717, 1.165) is 0 Å². The summed E-state index contributed by atoms with van der Waals surface area (Å²) in [5.74, 6) is -0.540. The first-order chi connectivity index (χ1) is 22.6. The third-order valence-corrected chi connectivity index (χ3v) is 11.7. The maximum Gasteiger partial charge on any atom is 0.259 e. The minimum Gasteiger partial charge on any atom is -0.494 e. The SMILES string of the molecule is O=C1N(CCS(=O)(=O)c2ccccc2)c2ccccc2[C@@H]2OC(c3ccc(OCCCO)cc3)=N[C@]12CCS(=O)(=O)c1ccccc1. The molecule has 10 nitrogen and oxygen atoms in total. The Kier molecular flexibility index (Phi) is 9.18. The predicted octanol–water partition coefficient (Wildman–Crippen LogP) is 4.39. The maximum atomic E-state index is 14.7. The van der Waals surface area contributed by atoms with Crippen molar-refractivity contribution in [2.24, 2.45) is 4.99 Å². The molecule has 244 valence electrons. The van der Waals surface area contributed by atoms with Crippen LogP contribution in [0.25, 0.3) is 0 Å². The summed E-state index contributed by atoms with van der Waals surface area (Å²) in [5.41, 5.74) is -0.0404. The highest BCUT2D eigenvalue weighted by Crippen LogP contribution is 2.50. The highest BCUT2D eigenvalue weighted by molar-refractivity contribution is 7.91. The molecule has 47 heavy (non-hydrogen) atoms. The third-order valence-electron chi connectivity index (χ3n) is 8.30. The smallest absolute Gasteiger partial charge is 0.259 e.